The number of rotatable bonds is 4. The van der Waals surface area contributed by atoms with E-state index in [-0.39, 0.29) is 30.6 Å². The maximum atomic E-state index is 13.3. The molecule has 3 amide bonds. The number of carbonyl (C=O) groups excluding carboxylic acids is 3. The molecule has 2 aliphatic heterocycles. The molecule has 2 aromatic rings. The molecule has 2 aromatic carbocycles. The fraction of sp³-hybridized carbons (Fsp3) is 0.400. The van der Waals surface area contributed by atoms with Crippen LogP contribution >= 0.6 is 11.6 Å². The molecule has 4 rings (SSSR count). The number of ether oxygens (including phenoxy) is 2. The van der Waals surface area contributed by atoms with E-state index in [0.717, 1.165) is 0 Å². The number of hydrogen-bond donors (Lipinski definition) is 1. The predicted octanol–water partition coefficient (Wildman–Crippen LogP) is 4.57. The largest absolute Gasteiger partial charge is 0.487 e. The van der Waals surface area contributed by atoms with E-state index in [0.29, 0.717) is 60.2 Å². The monoisotopic (exact) mass is 485 g/mol. The van der Waals surface area contributed by atoms with Crippen molar-refractivity contribution >= 4 is 40.9 Å². The maximum Gasteiger partial charge on any atom is 0.338 e. The van der Waals surface area contributed by atoms with Gasteiger partial charge in [0.25, 0.3) is 0 Å². The molecule has 0 unspecified atom stereocenters. The van der Waals surface area contributed by atoms with E-state index >= 15 is 0 Å². The average molecular weight is 486 g/mol. The van der Waals surface area contributed by atoms with Crippen molar-refractivity contribution in [3.63, 3.8) is 0 Å². The minimum absolute atomic E-state index is 0.111. The third-order valence-electron chi connectivity index (χ3n) is 5.99. The molecular formula is C25H28ClN3O5. The van der Waals surface area contributed by atoms with Crippen LogP contribution in [0.2, 0.25) is 5.02 Å². The molecule has 9 heteroatoms. The van der Waals surface area contributed by atoms with Crippen molar-refractivity contribution in [2.45, 2.75) is 32.8 Å². The number of urea groups is 1. The Bertz CT molecular complexity index is 1080. The lowest BCUT2D eigenvalue weighted by Gasteiger charge is -2.39. The first-order valence-corrected chi connectivity index (χ1v) is 11.8. The van der Waals surface area contributed by atoms with Gasteiger partial charge in [0.1, 0.15) is 11.9 Å². The van der Waals surface area contributed by atoms with Gasteiger partial charge in [-0.2, -0.15) is 0 Å². The molecule has 34 heavy (non-hydrogen) atoms. The number of halogens is 1. The number of anilines is 2. The second-order valence-corrected chi connectivity index (χ2v) is 8.92. The Morgan fingerprint density at radius 1 is 1.15 bits per heavy atom. The summed E-state index contributed by atoms with van der Waals surface area (Å²) in [7, 11) is 0. The molecule has 2 aliphatic rings. The number of benzene rings is 2. The third-order valence-corrected chi connectivity index (χ3v) is 6.22. The third kappa shape index (κ3) is 5.28. The van der Waals surface area contributed by atoms with Gasteiger partial charge in [-0.25, -0.2) is 9.59 Å². The summed E-state index contributed by atoms with van der Waals surface area (Å²) in [4.78, 5) is 41.5. The van der Waals surface area contributed by atoms with Crippen LogP contribution in [0.15, 0.2) is 42.5 Å². The van der Waals surface area contributed by atoms with Crippen LogP contribution in [-0.4, -0.2) is 55.2 Å². The first-order valence-electron chi connectivity index (χ1n) is 11.5. The Morgan fingerprint density at radius 2 is 1.91 bits per heavy atom. The van der Waals surface area contributed by atoms with Gasteiger partial charge in [-0.15, -0.1) is 0 Å². The van der Waals surface area contributed by atoms with Crippen molar-refractivity contribution in [3.05, 3.63) is 53.1 Å². The second-order valence-electron chi connectivity index (χ2n) is 8.49. The summed E-state index contributed by atoms with van der Waals surface area (Å²) in [6, 6.07) is 11.9. The minimum Gasteiger partial charge on any atom is -0.487 e. The van der Waals surface area contributed by atoms with Gasteiger partial charge in [-0.05, 0) is 63.1 Å². The highest BCUT2D eigenvalue weighted by Crippen LogP contribution is 2.36. The van der Waals surface area contributed by atoms with E-state index in [4.69, 9.17) is 21.1 Å². The highest BCUT2D eigenvalue weighted by atomic mass is 35.5. The Kier molecular flexibility index (Phi) is 7.26. The quantitative estimate of drug-likeness (QED) is 0.640. The molecule has 0 bridgehead atoms. The van der Waals surface area contributed by atoms with Crippen molar-refractivity contribution in [2.24, 2.45) is 5.92 Å². The lowest BCUT2D eigenvalue weighted by Crippen LogP contribution is -2.51. The SMILES string of the molecule is CCOC(=O)c1cccc(NC(=O)C2CCN(C(=O)N3C[C@H](C)Oc4ccc(Cl)cc43)CC2)c1. The van der Waals surface area contributed by atoms with Gasteiger partial charge in [-0.1, -0.05) is 17.7 Å². The highest BCUT2D eigenvalue weighted by molar-refractivity contribution is 6.31. The van der Waals surface area contributed by atoms with Gasteiger partial charge in [0, 0.05) is 29.7 Å². The van der Waals surface area contributed by atoms with Crippen molar-refractivity contribution in [1.82, 2.24) is 4.90 Å². The summed E-state index contributed by atoms with van der Waals surface area (Å²) in [5.74, 6) is -0.132. The molecule has 8 nitrogen and oxygen atoms in total. The van der Waals surface area contributed by atoms with Crippen LogP contribution in [0, 0.1) is 5.92 Å². The van der Waals surface area contributed by atoms with Crippen molar-refractivity contribution in [1.29, 1.82) is 0 Å². The first kappa shape index (κ1) is 23.9. The number of nitrogens with one attached hydrogen (secondary N) is 1. The molecule has 0 aliphatic carbocycles. The maximum absolute atomic E-state index is 13.3. The predicted molar refractivity (Wildman–Crippen MR) is 130 cm³/mol. The van der Waals surface area contributed by atoms with E-state index in [1.807, 2.05) is 6.92 Å². The molecule has 0 aromatic heterocycles. The molecule has 1 atom stereocenters. The van der Waals surface area contributed by atoms with Crippen molar-refractivity contribution in [3.8, 4) is 5.75 Å². The summed E-state index contributed by atoms with van der Waals surface area (Å²) >= 11 is 6.15. The zero-order chi connectivity index (χ0) is 24.2. The first-order chi connectivity index (χ1) is 16.4. The van der Waals surface area contributed by atoms with Crippen LogP contribution in [0.4, 0.5) is 16.2 Å². The van der Waals surface area contributed by atoms with Gasteiger partial charge < -0.3 is 19.7 Å². The molecule has 0 radical (unpaired) electrons. The molecule has 0 spiro atoms. The summed E-state index contributed by atoms with van der Waals surface area (Å²) in [6.45, 7) is 5.33. The topological polar surface area (TPSA) is 88.2 Å². The van der Waals surface area contributed by atoms with Gasteiger partial charge in [0.05, 0.1) is 24.4 Å². The molecule has 0 saturated carbocycles. The number of fused-ring (bicyclic) bond motifs is 1. The number of esters is 1. The fourth-order valence-electron chi connectivity index (χ4n) is 4.28. The van der Waals surface area contributed by atoms with Gasteiger partial charge in [-0.3, -0.25) is 9.69 Å². The summed E-state index contributed by atoms with van der Waals surface area (Å²) < 4.78 is 10.9. The molecule has 1 fully saturated rings. The van der Waals surface area contributed by atoms with E-state index in [2.05, 4.69) is 5.32 Å². The second kappa shape index (κ2) is 10.3. The van der Waals surface area contributed by atoms with Crippen LogP contribution < -0.4 is 15.0 Å². The van der Waals surface area contributed by atoms with Crippen LogP contribution in [0.25, 0.3) is 0 Å². The smallest absolute Gasteiger partial charge is 0.338 e. The van der Waals surface area contributed by atoms with Gasteiger partial charge in [0.15, 0.2) is 0 Å². The van der Waals surface area contributed by atoms with E-state index in [1.54, 1.807) is 59.2 Å². The Labute approximate surface area is 203 Å². The number of hydrogen-bond acceptors (Lipinski definition) is 5. The zero-order valence-electron chi connectivity index (χ0n) is 19.3. The van der Waals surface area contributed by atoms with Crippen LogP contribution in [0.5, 0.6) is 5.75 Å². The molecule has 1 N–H and O–H groups in total. The van der Waals surface area contributed by atoms with Crippen LogP contribution in [0.1, 0.15) is 37.0 Å². The Hall–Kier alpha value is -3.26. The summed E-state index contributed by atoms with van der Waals surface area (Å²) in [5, 5.41) is 3.43. The summed E-state index contributed by atoms with van der Waals surface area (Å²) in [5.41, 5.74) is 1.60. The Morgan fingerprint density at radius 3 is 2.65 bits per heavy atom. The van der Waals surface area contributed by atoms with Gasteiger partial charge in [0.2, 0.25) is 5.91 Å². The molecule has 2 heterocycles. The molecule has 180 valence electrons. The standard InChI is InChI=1S/C25H28ClN3O5/c1-3-33-24(31)18-5-4-6-20(13-18)27-23(30)17-9-11-28(12-10-17)25(32)29-15-16(2)34-22-8-7-19(26)14-21(22)29/h4-8,13-14,16-17H,3,9-12,15H2,1-2H3,(H,27,30)/t16-/m0/s1. The van der Waals surface area contributed by atoms with E-state index in [1.165, 1.54) is 0 Å². The fourth-order valence-corrected chi connectivity index (χ4v) is 4.44. The number of piperidine rings is 1. The van der Waals surface area contributed by atoms with Crippen LogP contribution in [-0.2, 0) is 9.53 Å². The molecule has 1 saturated heterocycles. The lowest BCUT2D eigenvalue weighted by atomic mass is 9.96. The van der Waals surface area contributed by atoms with Crippen molar-refractivity contribution in [2.75, 3.05) is 36.5 Å². The van der Waals surface area contributed by atoms with Crippen LogP contribution in [0.3, 0.4) is 0 Å². The van der Waals surface area contributed by atoms with E-state index < -0.39 is 5.97 Å². The number of likely N-dealkylation sites (tertiary alicyclic amines) is 1. The lowest BCUT2D eigenvalue weighted by molar-refractivity contribution is -0.121. The number of amides is 3. The normalized spacial score (nSPS) is 18.0. The van der Waals surface area contributed by atoms with Crippen molar-refractivity contribution < 1.29 is 23.9 Å². The van der Waals surface area contributed by atoms with Gasteiger partial charge >= 0.3 is 12.0 Å². The number of carbonyl (C=O) groups is 3. The Balaban J connectivity index is 1.36. The highest BCUT2D eigenvalue weighted by Gasteiger charge is 2.34. The summed E-state index contributed by atoms with van der Waals surface area (Å²) in [6.07, 6.45) is 0.973. The molecular weight excluding hydrogens is 458 g/mol. The van der Waals surface area contributed by atoms with E-state index in [9.17, 15) is 14.4 Å². The zero-order valence-corrected chi connectivity index (χ0v) is 20.0. The minimum atomic E-state index is -0.425. The number of nitrogens with zero attached hydrogens (tertiary/aromatic N) is 2. The average Bonchev–Trinajstić information content (AvgIpc) is 2.84.